The first-order valence-corrected chi connectivity index (χ1v) is 6.88. The minimum absolute atomic E-state index is 0.266. The molecule has 3 N–H and O–H groups in total. The summed E-state index contributed by atoms with van der Waals surface area (Å²) in [6.45, 7) is 0. The first-order valence-electron chi connectivity index (χ1n) is 6.88. The molecule has 4 aromatic heterocycles. The van der Waals surface area contributed by atoms with E-state index in [4.69, 9.17) is 4.74 Å². The van der Waals surface area contributed by atoms with Crippen molar-refractivity contribution in [2.45, 2.75) is 0 Å². The van der Waals surface area contributed by atoms with Gasteiger partial charge in [-0.2, -0.15) is 5.10 Å². The lowest BCUT2D eigenvalue weighted by molar-refractivity contribution is 0.102. The lowest BCUT2D eigenvalue weighted by Crippen LogP contribution is -2.11. The molecule has 0 aliphatic heterocycles. The number of hydrogen-bond donors (Lipinski definition) is 3. The molecule has 0 fully saturated rings. The smallest absolute Gasteiger partial charge is 0.259 e. The summed E-state index contributed by atoms with van der Waals surface area (Å²) in [7, 11) is 1.55. The number of carbonyl (C=O) groups is 1. The van der Waals surface area contributed by atoms with E-state index in [2.05, 4.69) is 30.5 Å². The van der Waals surface area contributed by atoms with Gasteiger partial charge in [0, 0.05) is 23.7 Å². The predicted octanol–water partition coefficient (Wildman–Crippen LogP) is 2.10. The van der Waals surface area contributed by atoms with Crippen LogP contribution >= 0.6 is 0 Å². The number of amides is 1. The van der Waals surface area contributed by atoms with Gasteiger partial charge in [0.05, 0.1) is 36.1 Å². The number of methoxy groups -OCH3 is 1. The summed E-state index contributed by atoms with van der Waals surface area (Å²) in [6, 6.07) is 5.22. The summed E-state index contributed by atoms with van der Waals surface area (Å²) in [5.74, 6) is 0.721. The maximum absolute atomic E-state index is 12.5. The SMILES string of the molecule is COc1ccc2ncc3[nH]cc(C(=O)Nc4ccn[nH]4)c3c2n1. The van der Waals surface area contributed by atoms with E-state index in [1.54, 1.807) is 37.8 Å². The third kappa shape index (κ3) is 2.16. The minimum Gasteiger partial charge on any atom is -0.481 e. The Labute approximate surface area is 129 Å². The summed E-state index contributed by atoms with van der Waals surface area (Å²) in [6.07, 6.45) is 4.88. The Morgan fingerprint density at radius 2 is 2.22 bits per heavy atom. The van der Waals surface area contributed by atoms with Crippen LogP contribution in [0.25, 0.3) is 21.9 Å². The summed E-state index contributed by atoms with van der Waals surface area (Å²) < 4.78 is 5.17. The normalized spacial score (nSPS) is 11.0. The zero-order valence-corrected chi connectivity index (χ0v) is 12.1. The quantitative estimate of drug-likeness (QED) is 0.537. The van der Waals surface area contributed by atoms with Crippen LogP contribution in [0.1, 0.15) is 10.4 Å². The van der Waals surface area contributed by atoms with Crippen molar-refractivity contribution < 1.29 is 9.53 Å². The second-order valence-electron chi connectivity index (χ2n) is 4.90. The number of ether oxygens (including phenoxy) is 1. The Kier molecular flexibility index (Phi) is 2.94. The number of aromatic amines is 2. The van der Waals surface area contributed by atoms with Gasteiger partial charge in [-0.1, -0.05) is 0 Å². The molecule has 8 nitrogen and oxygen atoms in total. The van der Waals surface area contributed by atoms with Crippen molar-refractivity contribution in [2.24, 2.45) is 0 Å². The Balaban J connectivity index is 1.89. The zero-order chi connectivity index (χ0) is 15.8. The maximum atomic E-state index is 12.5. The van der Waals surface area contributed by atoms with E-state index in [0.29, 0.717) is 33.7 Å². The summed E-state index contributed by atoms with van der Waals surface area (Å²) in [5, 5.41) is 9.95. The van der Waals surface area contributed by atoms with Crippen LogP contribution in [0, 0.1) is 0 Å². The van der Waals surface area contributed by atoms with Crippen LogP contribution in [0.3, 0.4) is 0 Å². The third-order valence-electron chi connectivity index (χ3n) is 3.53. The fourth-order valence-electron chi connectivity index (χ4n) is 2.46. The van der Waals surface area contributed by atoms with Crippen LogP contribution in [0.4, 0.5) is 5.82 Å². The first-order chi connectivity index (χ1) is 11.3. The highest BCUT2D eigenvalue weighted by molar-refractivity contribution is 6.18. The predicted molar refractivity (Wildman–Crippen MR) is 84.5 cm³/mol. The molecule has 0 aliphatic carbocycles. The van der Waals surface area contributed by atoms with Crippen molar-refractivity contribution in [1.82, 2.24) is 25.1 Å². The number of aromatic nitrogens is 5. The lowest BCUT2D eigenvalue weighted by atomic mass is 10.1. The van der Waals surface area contributed by atoms with E-state index in [9.17, 15) is 4.79 Å². The van der Waals surface area contributed by atoms with Crippen LogP contribution in [0.15, 0.2) is 36.8 Å². The lowest BCUT2D eigenvalue weighted by Gasteiger charge is -2.05. The van der Waals surface area contributed by atoms with E-state index in [1.165, 1.54) is 0 Å². The number of hydrogen-bond acceptors (Lipinski definition) is 5. The molecule has 23 heavy (non-hydrogen) atoms. The van der Waals surface area contributed by atoms with Gasteiger partial charge in [0.25, 0.3) is 5.91 Å². The van der Waals surface area contributed by atoms with E-state index in [-0.39, 0.29) is 5.91 Å². The van der Waals surface area contributed by atoms with Crippen LogP contribution in [0.2, 0.25) is 0 Å². The number of rotatable bonds is 3. The largest absolute Gasteiger partial charge is 0.481 e. The molecule has 0 radical (unpaired) electrons. The molecule has 8 heteroatoms. The van der Waals surface area contributed by atoms with Crippen LogP contribution in [-0.4, -0.2) is 38.2 Å². The van der Waals surface area contributed by atoms with E-state index in [0.717, 1.165) is 5.52 Å². The second kappa shape index (κ2) is 5.09. The zero-order valence-electron chi connectivity index (χ0n) is 12.1. The van der Waals surface area contributed by atoms with Crippen molar-refractivity contribution in [3.63, 3.8) is 0 Å². The molecule has 0 spiro atoms. The van der Waals surface area contributed by atoms with Gasteiger partial charge in [-0.05, 0) is 6.07 Å². The van der Waals surface area contributed by atoms with Gasteiger partial charge in [0.15, 0.2) is 0 Å². The Morgan fingerprint density at radius 3 is 3.00 bits per heavy atom. The summed E-state index contributed by atoms with van der Waals surface area (Å²) >= 11 is 0. The second-order valence-corrected chi connectivity index (χ2v) is 4.90. The average molecular weight is 308 g/mol. The number of anilines is 1. The molecule has 1 amide bonds. The van der Waals surface area contributed by atoms with Crippen molar-refractivity contribution >= 4 is 33.7 Å². The monoisotopic (exact) mass is 308 g/mol. The van der Waals surface area contributed by atoms with Gasteiger partial charge in [-0.3, -0.25) is 14.9 Å². The number of nitrogens with zero attached hydrogens (tertiary/aromatic N) is 3. The molecule has 0 atom stereocenters. The molecule has 0 saturated heterocycles. The highest BCUT2D eigenvalue weighted by Gasteiger charge is 2.17. The number of nitrogens with one attached hydrogen (secondary N) is 3. The highest BCUT2D eigenvalue weighted by atomic mass is 16.5. The van der Waals surface area contributed by atoms with Gasteiger partial charge in [0.1, 0.15) is 11.3 Å². The van der Waals surface area contributed by atoms with Crippen molar-refractivity contribution in [1.29, 1.82) is 0 Å². The Hall–Kier alpha value is -3.42. The van der Waals surface area contributed by atoms with E-state index < -0.39 is 0 Å². The summed E-state index contributed by atoms with van der Waals surface area (Å²) in [4.78, 5) is 24.3. The standard InChI is InChI=1S/C15H12N6O2/c1-23-12-3-2-9-14(20-12)13-8(6-16-10(13)7-17-9)15(22)19-11-4-5-18-21-11/h2-7,16H,1H3,(H2,18,19,21,22). The van der Waals surface area contributed by atoms with Gasteiger partial charge >= 0.3 is 0 Å². The van der Waals surface area contributed by atoms with Crippen LogP contribution < -0.4 is 10.1 Å². The number of fused-ring (bicyclic) bond motifs is 3. The number of carbonyl (C=O) groups excluding carboxylic acids is 1. The molecule has 4 rings (SSSR count). The topological polar surface area (TPSA) is 109 Å². The molecule has 0 aliphatic rings. The molecular formula is C15H12N6O2. The third-order valence-corrected chi connectivity index (χ3v) is 3.53. The average Bonchev–Trinajstić information content (AvgIpc) is 3.23. The molecule has 0 saturated carbocycles. The van der Waals surface area contributed by atoms with Crippen molar-refractivity contribution in [3.8, 4) is 5.88 Å². The van der Waals surface area contributed by atoms with Crippen LogP contribution in [0.5, 0.6) is 5.88 Å². The molecule has 0 aromatic carbocycles. The summed E-state index contributed by atoms with van der Waals surface area (Å²) in [5.41, 5.74) is 2.50. The number of pyridine rings is 2. The van der Waals surface area contributed by atoms with Crippen molar-refractivity contribution in [2.75, 3.05) is 12.4 Å². The Morgan fingerprint density at radius 1 is 1.30 bits per heavy atom. The van der Waals surface area contributed by atoms with Gasteiger partial charge in [0.2, 0.25) is 5.88 Å². The molecule has 0 bridgehead atoms. The molecule has 0 unspecified atom stereocenters. The Bertz CT molecular complexity index is 1010. The fraction of sp³-hybridized carbons (Fsp3) is 0.0667. The first kappa shape index (κ1) is 13.3. The molecule has 114 valence electrons. The fourth-order valence-corrected chi connectivity index (χ4v) is 2.46. The number of H-pyrrole nitrogens is 2. The van der Waals surface area contributed by atoms with Gasteiger partial charge in [-0.15, -0.1) is 0 Å². The van der Waals surface area contributed by atoms with Gasteiger partial charge in [-0.25, -0.2) is 4.98 Å². The highest BCUT2D eigenvalue weighted by Crippen LogP contribution is 2.27. The molecule has 4 heterocycles. The van der Waals surface area contributed by atoms with Gasteiger partial charge < -0.3 is 15.0 Å². The minimum atomic E-state index is -0.266. The van der Waals surface area contributed by atoms with Crippen LogP contribution in [-0.2, 0) is 0 Å². The molecule has 4 aromatic rings. The molecular weight excluding hydrogens is 296 g/mol. The van der Waals surface area contributed by atoms with E-state index >= 15 is 0 Å². The maximum Gasteiger partial charge on any atom is 0.259 e. The van der Waals surface area contributed by atoms with Crippen molar-refractivity contribution in [3.05, 3.63) is 42.4 Å². The van der Waals surface area contributed by atoms with E-state index in [1.807, 2.05) is 6.07 Å².